The molecule has 1 saturated carbocycles. The topological polar surface area (TPSA) is 46.2 Å². The van der Waals surface area contributed by atoms with Crippen molar-refractivity contribution >= 4 is 32.6 Å². The molecule has 1 aromatic carbocycles. The normalized spacial score (nSPS) is 24.0. The van der Waals surface area contributed by atoms with Gasteiger partial charge in [-0.15, -0.1) is 0 Å². The van der Waals surface area contributed by atoms with Crippen molar-refractivity contribution in [1.29, 1.82) is 0 Å². The molecule has 0 amide bonds. The van der Waals surface area contributed by atoms with Crippen LogP contribution in [0.25, 0.3) is 0 Å². The minimum absolute atomic E-state index is 0.0486. The maximum absolute atomic E-state index is 12.0. The Balaban J connectivity index is 2.15. The monoisotopic (exact) mass is 393 g/mol. The van der Waals surface area contributed by atoms with Gasteiger partial charge in [-0.1, -0.05) is 18.6 Å². The van der Waals surface area contributed by atoms with E-state index in [1.807, 2.05) is 0 Å². The second-order valence-corrected chi connectivity index (χ2v) is 8.92. The molecular formula is C14H20INO2S. The number of benzene rings is 1. The molecule has 0 radical (unpaired) electrons. The lowest BCUT2D eigenvalue weighted by atomic mass is 9.95. The standard InChI is InChI=1S/C14H20INO2S/c1-10(2)19(17,18)16-14-5-3-4-13(14)11-6-8-12(15)9-7-11/h6-10,13-14,16H,3-5H2,1-2H3/t13-,14-/m1/s1. The summed E-state index contributed by atoms with van der Waals surface area (Å²) < 4.78 is 28.1. The van der Waals surface area contributed by atoms with Crippen molar-refractivity contribution in [1.82, 2.24) is 4.72 Å². The van der Waals surface area contributed by atoms with Crippen LogP contribution in [0.2, 0.25) is 0 Å². The first-order chi connectivity index (χ1) is 8.90. The van der Waals surface area contributed by atoms with E-state index in [-0.39, 0.29) is 11.3 Å². The molecule has 0 aliphatic heterocycles. The Kier molecular flexibility index (Phi) is 4.89. The fourth-order valence-electron chi connectivity index (χ4n) is 2.56. The largest absolute Gasteiger partial charge is 0.214 e. The van der Waals surface area contributed by atoms with E-state index in [0.29, 0.717) is 5.92 Å². The molecule has 1 aromatic rings. The molecule has 0 aromatic heterocycles. The summed E-state index contributed by atoms with van der Waals surface area (Å²) in [4.78, 5) is 0. The van der Waals surface area contributed by atoms with Gasteiger partial charge in [-0.25, -0.2) is 13.1 Å². The quantitative estimate of drug-likeness (QED) is 0.799. The zero-order valence-electron chi connectivity index (χ0n) is 11.3. The van der Waals surface area contributed by atoms with Crippen LogP contribution in [0.4, 0.5) is 0 Å². The van der Waals surface area contributed by atoms with Crippen LogP contribution >= 0.6 is 22.6 Å². The highest BCUT2D eigenvalue weighted by Crippen LogP contribution is 2.35. The lowest BCUT2D eigenvalue weighted by Gasteiger charge is -2.22. The summed E-state index contributed by atoms with van der Waals surface area (Å²) in [7, 11) is -3.18. The molecule has 19 heavy (non-hydrogen) atoms. The van der Waals surface area contributed by atoms with Crippen molar-refractivity contribution in [2.24, 2.45) is 0 Å². The third-order valence-corrected chi connectivity index (χ3v) is 6.34. The number of hydrogen-bond donors (Lipinski definition) is 1. The predicted molar refractivity (Wildman–Crippen MR) is 86.7 cm³/mol. The fourth-order valence-corrected chi connectivity index (χ4v) is 3.89. The second-order valence-electron chi connectivity index (χ2n) is 5.41. The molecule has 0 heterocycles. The van der Waals surface area contributed by atoms with Gasteiger partial charge in [0.05, 0.1) is 5.25 Å². The Morgan fingerprint density at radius 1 is 1.21 bits per heavy atom. The maximum atomic E-state index is 12.0. The van der Waals surface area contributed by atoms with E-state index in [9.17, 15) is 8.42 Å². The lowest BCUT2D eigenvalue weighted by Crippen LogP contribution is -2.40. The Morgan fingerprint density at radius 2 is 1.84 bits per heavy atom. The van der Waals surface area contributed by atoms with Gasteiger partial charge in [0.1, 0.15) is 0 Å². The first-order valence-corrected chi connectivity index (χ1v) is 9.29. The molecule has 106 valence electrons. The van der Waals surface area contributed by atoms with Crippen LogP contribution in [0.3, 0.4) is 0 Å². The van der Waals surface area contributed by atoms with Crippen LogP contribution in [0.15, 0.2) is 24.3 Å². The molecule has 0 unspecified atom stereocenters. The van der Waals surface area contributed by atoms with Gasteiger partial charge < -0.3 is 0 Å². The van der Waals surface area contributed by atoms with Gasteiger partial charge in [0.15, 0.2) is 0 Å². The van der Waals surface area contributed by atoms with Gasteiger partial charge in [0.25, 0.3) is 0 Å². The van der Waals surface area contributed by atoms with Crippen LogP contribution in [0.1, 0.15) is 44.6 Å². The van der Waals surface area contributed by atoms with Crippen molar-refractivity contribution < 1.29 is 8.42 Å². The molecule has 1 fully saturated rings. The minimum Gasteiger partial charge on any atom is -0.212 e. The molecule has 0 spiro atoms. The van der Waals surface area contributed by atoms with Gasteiger partial charge in [0, 0.05) is 15.5 Å². The van der Waals surface area contributed by atoms with E-state index in [1.165, 1.54) is 9.13 Å². The average molecular weight is 393 g/mol. The molecule has 2 rings (SSSR count). The highest BCUT2D eigenvalue weighted by molar-refractivity contribution is 14.1. The molecule has 3 nitrogen and oxygen atoms in total. The zero-order valence-corrected chi connectivity index (χ0v) is 14.2. The molecule has 1 aliphatic rings. The molecule has 2 atom stereocenters. The molecule has 0 saturated heterocycles. The second kappa shape index (κ2) is 6.10. The Bertz CT molecular complexity index is 525. The lowest BCUT2D eigenvalue weighted by molar-refractivity contribution is 0.519. The van der Waals surface area contributed by atoms with Crippen molar-refractivity contribution in [3.8, 4) is 0 Å². The molecule has 1 N–H and O–H groups in total. The molecule has 5 heteroatoms. The van der Waals surface area contributed by atoms with Crippen molar-refractivity contribution in [2.45, 2.75) is 50.3 Å². The summed E-state index contributed by atoms with van der Waals surface area (Å²) in [6.45, 7) is 3.44. The zero-order chi connectivity index (χ0) is 14.0. The first kappa shape index (κ1) is 15.3. The number of rotatable bonds is 4. The van der Waals surface area contributed by atoms with Crippen LogP contribution < -0.4 is 4.72 Å². The van der Waals surface area contributed by atoms with Crippen LogP contribution in [0, 0.1) is 3.57 Å². The van der Waals surface area contributed by atoms with Crippen molar-refractivity contribution in [3.63, 3.8) is 0 Å². The Labute approximate surface area is 129 Å². The highest BCUT2D eigenvalue weighted by atomic mass is 127. The van der Waals surface area contributed by atoms with E-state index in [0.717, 1.165) is 19.3 Å². The van der Waals surface area contributed by atoms with Gasteiger partial charge in [-0.05, 0) is 67.0 Å². The van der Waals surface area contributed by atoms with Gasteiger partial charge >= 0.3 is 0 Å². The fraction of sp³-hybridized carbons (Fsp3) is 0.571. The van der Waals surface area contributed by atoms with Gasteiger partial charge in [-0.2, -0.15) is 0 Å². The van der Waals surface area contributed by atoms with E-state index in [2.05, 4.69) is 51.6 Å². The van der Waals surface area contributed by atoms with Crippen LogP contribution in [-0.4, -0.2) is 19.7 Å². The summed E-state index contributed by atoms with van der Waals surface area (Å²) in [5, 5.41) is -0.370. The minimum atomic E-state index is -3.18. The first-order valence-electron chi connectivity index (χ1n) is 6.67. The van der Waals surface area contributed by atoms with Crippen LogP contribution in [-0.2, 0) is 10.0 Å². The van der Waals surface area contributed by atoms with Crippen LogP contribution in [0.5, 0.6) is 0 Å². The summed E-state index contributed by atoms with van der Waals surface area (Å²) in [6.07, 6.45) is 3.08. The van der Waals surface area contributed by atoms with E-state index >= 15 is 0 Å². The Morgan fingerprint density at radius 3 is 2.42 bits per heavy atom. The molecule has 0 bridgehead atoms. The number of hydrogen-bond acceptors (Lipinski definition) is 2. The Hall–Kier alpha value is -0.140. The van der Waals surface area contributed by atoms with Crippen molar-refractivity contribution in [2.75, 3.05) is 0 Å². The highest BCUT2D eigenvalue weighted by Gasteiger charge is 2.32. The molecule has 1 aliphatic carbocycles. The van der Waals surface area contributed by atoms with Gasteiger partial charge in [-0.3, -0.25) is 0 Å². The third-order valence-electron chi connectivity index (χ3n) is 3.75. The van der Waals surface area contributed by atoms with E-state index in [1.54, 1.807) is 13.8 Å². The average Bonchev–Trinajstić information content (AvgIpc) is 2.77. The predicted octanol–water partition coefficient (Wildman–Crippen LogP) is 3.26. The molecular weight excluding hydrogens is 373 g/mol. The summed E-state index contributed by atoms with van der Waals surface area (Å²) in [5.41, 5.74) is 1.24. The van der Waals surface area contributed by atoms with Crippen molar-refractivity contribution in [3.05, 3.63) is 33.4 Å². The number of sulfonamides is 1. The number of halogens is 1. The number of nitrogens with one attached hydrogen (secondary N) is 1. The summed E-state index contributed by atoms with van der Waals surface area (Å²) in [6, 6.07) is 8.46. The SMILES string of the molecule is CC(C)S(=O)(=O)N[C@@H]1CCC[C@@H]1c1ccc(I)cc1. The van der Waals surface area contributed by atoms with E-state index < -0.39 is 10.0 Å². The summed E-state index contributed by atoms with van der Waals surface area (Å²) in [5.74, 6) is 0.311. The maximum Gasteiger partial charge on any atom is 0.214 e. The summed E-state index contributed by atoms with van der Waals surface area (Å²) >= 11 is 2.28. The van der Waals surface area contributed by atoms with Gasteiger partial charge in [0.2, 0.25) is 10.0 Å². The third kappa shape index (κ3) is 3.70. The van der Waals surface area contributed by atoms with E-state index in [4.69, 9.17) is 0 Å². The smallest absolute Gasteiger partial charge is 0.212 e.